The molecular weight excluding hydrogens is 305 g/mol. The first-order valence-corrected chi connectivity index (χ1v) is 7.71. The zero-order valence-corrected chi connectivity index (χ0v) is 12.6. The van der Waals surface area contributed by atoms with E-state index in [1.54, 1.807) is 18.4 Å². The summed E-state index contributed by atoms with van der Waals surface area (Å²) in [6.07, 6.45) is -1.72. The number of benzene rings is 1. The van der Waals surface area contributed by atoms with Crippen molar-refractivity contribution in [3.05, 3.63) is 59.5 Å². The highest BCUT2D eigenvalue weighted by Crippen LogP contribution is 2.33. The number of nitrogens with one attached hydrogen (secondary N) is 1. The molecule has 1 fully saturated rings. The Morgan fingerprint density at radius 2 is 1.83 bits per heavy atom. The third-order valence-corrected chi connectivity index (χ3v) is 4.11. The van der Waals surface area contributed by atoms with Gasteiger partial charge in [-0.3, -0.25) is 4.90 Å². The molecule has 1 aromatic carbocycles. The van der Waals surface area contributed by atoms with Gasteiger partial charge in [0.2, 0.25) is 0 Å². The van der Waals surface area contributed by atoms with Crippen LogP contribution in [0, 0.1) is 0 Å². The highest BCUT2D eigenvalue weighted by molar-refractivity contribution is 5.31. The molecular formula is C17H19F3N2O. The van der Waals surface area contributed by atoms with Crippen LogP contribution in [0.1, 0.15) is 29.3 Å². The lowest BCUT2D eigenvalue weighted by molar-refractivity contribution is -0.137. The third-order valence-electron chi connectivity index (χ3n) is 4.11. The molecule has 1 atom stereocenters. The van der Waals surface area contributed by atoms with Crippen LogP contribution >= 0.6 is 0 Å². The fourth-order valence-electron chi connectivity index (χ4n) is 2.98. The molecule has 1 N–H and O–H groups in total. The van der Waals surface area contributed by atoms with Crippen LogP contribution < -0.4 is 5.32 Å². The summed E-state index contributed by atoms with van der Waals surface area (Å²) in [6, 6.07) is 8.90. The van der Waals surface area contributed by atoms with Gasteiger partial charge in [0.15, 0.2) is 0 Å². The van der Waals surface area contributed by atoms with Gasteiger partial charge in [-0.1, -0.05) is 12.1 Å². The van der Waals surface area contributed by atoms with Crippen LogP contribution in [0.15, 0.2) is 47.1 Å². The van der Waals surface area contributed by atoms with Gasteiger partial charge >= 0.3 is 6.18 Å². The summed E-state index contributed by atoms with van der Waals surface area (Å²) in [6.45, 7) is 3.51. The second-order valence-corrected chi connectivity index (χ2v) is 5.68. The maximum atomic E-state index is 12.8. The fraction of sp³-hybridized carbons (Fsp3) is 0.412. The minimum absolute atomic E-state index is 0.160. The molecule has 1 aromatic heterocycles. The topological polar surface area (TPSA) is 28.4 Å². The monoisotopic (exact) mass is 324 g/mol. The standard InChI is InChI=1S/C17H19F3N2O/c18-17(19,20)14-6-4-13(5-7-14)16(15-3-1-12-23-15)22-10-2-8-21-9-11-22/h1,3-7,12,16,21H,2,8-11H2. The molecule has 0 spiro atoms. The smallest absolute Gasteiger partial charge is 0.416 e. The van der Waals surface area contributed by atoms with E-state index in [0.29, 0.717) is 0 Å². The van der Waals surface area contributed by atoms with E-state index in [2.05, 4.69) is 10.2 Å². The van der Waals surface area contributed by atoms with Crippen molar-refractivity contribution in [2.45, 2.75) is 18.6 Å². The molecule has 3 nitrogen and oxygen atoms in total. The molecule has 3 rings (SSSR count). The molecule has 2 aromatic rings. The summed E-state index contributed by atoms with van der Waals surface area (Å²) in [5.41, 5.74) is 0.187. The van der Waals surface area contributed by atoms with Gasteiger partial charge in [-0.05, 0) is 42.8 Å². The number of alkyl halides is 3. The first-order valence-electron chi connectivity index (χ1n) is 7.71. The van der Waals surface area contributed by atoms with E-state index in [9.17, 15) is 13.2 Å². The zero-order chi connectivity index (χ0) is 16.3. The molecule has 23 heavy (non-hydrogen) atoms. The average molecular weight is 324 g/mol. The third kappa shape index (κ3) is 3.76. The zero-order valence-electron chi connectivity index (χ0n) is 12.6. The molecule has 1 aliphatic rings. The Bertz CT molecular complexity index is 600. The molecule has 0 amide bonds. The van der Waals surface area contributed by atoms with Crippen molar-refractivity contribution in [1.82, 2.24) is 10.2 Å². The van der Waals surface area contributed by atoms with Gasteiger partial charge in [0.05, 0.1) is 17.9 Å². The van der Waals surface area contributed by atoms with Gasteiger partial charge < -0.3 is 9.73 Å². The lowest BCUT2D eigenvalue weighted by Gasteiger charge is -2.29. The molecule has 1 unspecified atom stereocenters. The fourth-order valence-corrected chi connectivity index (χ4v) is 2.98. The van der Waals surface area contributed by atoms with E-state index < -0.39 is 11.7 Å². The Balaban J connectivity index is 1.92. The van der Waals surface area contributed by atoms with Crippen LogP contribution in [0.3, 0.4) is 0 Å². The summed E-state index contributed by atoms with van der Waals surface area (Å²) in [5.74, 6) is 0.756. The van der Waals surface area contributed by atoms with E-state index in [0.717, 1.165) is 56.1 Å². The number of hydrogen-bond acceptors (Lipinski definition) is 3. The normalized spacial score (nSPS) is 18.6. The SMILES string of the molecule is FC(F)(F)c1ccc(C(c2ccco2)N2CCCNCC2)cc1. The van der Waals surface area contributed by atoms with Crippen molar-refractivity contribution in [2.75, 3.05) is 26.2 Å². The van der Waals surface area contributed by atoms with Gasteiger partial charge in [0, 0.05) is 19.6 Å². The van der Waals surface area contributed by atoms with E-state index >= 15 is 0 Å². The van der Waals surface area contributed by atoms with E-state index in [1.165, 1.54) is 0 Å². The second kappa shape index (κ2) is 6.76. The predicted octanol–water partition coefficient (Wildman–Crippen LogP) is 3.68. The Morgan fingerprint density at radius 3 is 2.48 bits per heavy atom. The average Bonchev–Trinajstić information content (AvgIpc) is 2.90. The largest absolute Gasteiger partial charge is 0.467 e. The van der Waals surface area contributed by atoms with Crippen LogP contribution in [0.4, 0.5) is 13.2 Å². The Labute approximate surface area is 133 Å². The summed E-state index contributed by atoms with van der Waals surface area (Å²) < 4.78 is 43.9. The molecule has 2 heterocycles. The van der Waals surface area contributed by atoms with E-state index in [-0.39, 0.29) is 6.04 Å². The van der Waals surface area contributed by atoms with E-state index in [1.807, 2.05) is 12.1 Å². The number of halogens is 3. The molecule has 124 valence electrons. The van der Waals surface area contributed by atoms with Gasteiger partial charge in [-0.15, -0.1) is 0 Å². The number of hydrogen-bond donors (Lipinski definition) is 1. The number of nitrogens with zero attached hydrogens (tertiary/aromatic N) is 1. The predicted molar refractivity (Wildman–Crippen MR) is 81.1 cm³/mol. The molecule has 0 radical (unpaired) electrons. The van der Waals surface area contributed by atoms with Gasteiger partial charge in [-0.25, -0.2) is 0 Å². The van der Waals surface area contributed by atoms with Crippen LogP contribution in [-0.2, 0) is 6.18 Å². The second-order valence-electron chi connectivity index (χ2n) is 5.68. The Kier molecular flexibility index (Phi) is 4.73. The van der Waals surface area contributed by atoms with Crippen molar-refractivity contribution < 1.29 is 17.6 Å². The maximum absolute atomic E-state index is 12.8. The molecule has 1 aliphatic heterocycles. The molecule has 0 saturated carbocycles. The van der Waals surface area contributed by atoms with Gasteiger partial charge in [-0.2, -0.15) is 13.2 Å². The lowest BCUT2D eigenvalue weighted by Crippen LogP contribution is -2.32. The highest BCUT2D eigenvalue weighted by Gasteiger charge is 2.31. The van der Waals surface area contributed by atoms with Crippen molar-refractivity contribution in [1.29, 1.82) is 0 Å². The van der Waals surface area contributed by atoms with Crippen molar-refractivity contribution in [3.8, 4) is 0 Å². The van der Waals surface area contributed by atoms with E-state index in [4.69, 9.17) is 4.42 Å². The molecule has 1 saturated heterocycles. The summed E-state index contributed by atoms with van der Waals surface area (Å²) >= 11 is 0. The highest BCUT2D eigenvalue weighted by atomic mass is 19.4. The van der Waals surface area contributed by atoms with Gasteiger partial charge in [0.25, 0.3) is 0 Å². The Morgan fingerprint density at radius 1 is 1.04 bits per heavy atom. The van der Waals surface area contributed by atoms with Crippen molar-refractivity contribution in [2.24, 2.45) is 0 Å². The summed E-state index contributed by atoms with van der Waals surface area (Å²) in [7, 11) is 0. The van der Waals surface area contributed by atoms with Crippen LogP contribution in [0.2, 0.25) is 0 Å². The number of rotatable bonds is 3. The summed E-state index contributed by atoms with van der Waals surface area (Å²) in [5, 5.41) is 3.34. The van der Waals surface area contributed by atoms with Crippen LogP contribution in [-0.4, -0.2) is 31.1 Å². The van der Waals surface area contributed by atoms with Crippen LogP contribution in [0.25, 0.3) is 0 Å². The molecule has 0 aliphatic carbocycles. The minimum Gasteiger partial charge on any atom is -0.467 e. The first kappa shape index (κ1) is 16.1. The molecule has 6 heteroatoms. The van der Waals surface area contributed by atoms with Crippen molar-refractivity contribution in [3.63, 3.8) is 0 Å². The summed E-state index contributed by atoms with van der Waals surface area (Å²) in [4.78, 5) is 2.25. The van der Waals surface area contributed by atoms with Crippen molar-refractivity contribution >= 4 is 0 Å². The van der Waals surface area contributed by atoms with Gasteiger partial charge in [0.1, 0.15) is 5.76 Å². The minimum atomic E-state index is -4.31. The molecule has 0 bridgehead atoms. The maximum Gasteiger partial charge on any atom is 0.416 e. The lowest BCUT2D eigenvalue weighted by atomic mass is 10.0. The quantitative estimate of drug-likeness (QED) is 0.933. The Hall–Kier alpha value is -1.79. The number of furan rings is 1. The first-order chi connectivity index (χ1) is 11.1. The van der Waals surface area contributed by atoms with Crippen LogP contribution in [0.5, 0.6) is 0 Å².